The number of benzene rings is 1. The fourth-order valence-electron chi connectivity index (χ4n) is 2.40. The zero-order chi connectivity index (χ0) is 14.5. The first-order valence-electron chi connectivity index (χ1n) is 6.62. The van der Waals surface area contributed by atoms with Crippen molar-refractivity contribution in [2.75, 3.05) is 26.0 Å². The highest BCUT2D eigenvalue weighted by atomic mass is 32.2. The van der Waals surface area contributed by atoms with E-state index in [-0.39, 0.29) is 5.84 Å². The van der Waals surface area contributed by atoms with E-state index in [2.05, 4.69) is 17.0 Å². The molecule has 2 rings (SSSR count). The summed E-state index contributed by atoms with van der Waals surface area (Å²) in [6.07, 6.45) is 0. The van der Waals surface area contributed by atoms with Crippen molar-refractivity contribution in [1.82, 2.24) is 4.90 Å². The molecule has 0 aromatic heterocycles. The Bertz CT molecular complexity index is 493. The molecule has 1 heterocycles. The average Bonchev–Trinajstić information content (AvgIpc) is 2.46. The number of ether oxygens (including phenoxy) is 1. The van der Waals surface area contributed by atoms with Crippen molar-refractivity contribution >= 4 is 17.6 Å². The van der Waals surface area contributed by atoms with Gasteiger partial charge in [-0.25, -0.2) is 0 Å². The van der Waals surface area contributed by atoms with Crippen LogP contribution in [0.25, 0.3) is 0 Å². The maximum atomic E-state index is 8.85. The predicted molar refractivity (Wildman–Crippen MR) is 82.7 cm³/mol. The molecule has 3 N–H and O–H groups in total. The van der Waals surface area contributed by atoms with Crippen molar-refractivity contribution in [2.24, 2.45) is 10.9 Å². The molecule has 0 amide bonds. The number of oxime groups is 1. The number of hydrogen-bond acceptors (Lipinski definition) is 5. The van der Waals surface area contributed by atoms with E-state index in [0.29, 0.717) is 16.6 Å². The highest BCUT2D eigenvalue weighted by Crippen LogP contribution is 2.23. The predicted octanol–water partition coefficient (Wildman–Crippen LogP) is 1.73. The third-order valence-electron chi connectivity index (χ3n) is 3.38. The van der Waals surface area contributed by atoms with Crippen LogP contribution in [-0.2, 0) is 6.54 Å². The van der Waals surface area contributed by atoms with E-state index >= 15 is 0 Å². The zero-order valence-electron chi connectivity index (χ0n) is 11.9. The lowest BCUT2D eigenvalue weighted by Crippen LogP contribution is -2.36. The van der Waals surface area contributed by atoms with E-state index in [9.17, 15) is 0 Å². The molecule has 1 aliphatic heterocycles. The van der Waals surface area contributed by atoms with Gasteiger partial charge < -0.3 is 15.7 Å². The van der Waals surface area contributed by atoms with Crippen LogP contribution in [0.5, 0.6) is 5.75 Å². The van der Waals surface area contributed by atoms with Crippen LogP contribution in [0.3, 0.4) is 0 Å². The lowest BCUT2D eigenvalue weighted by atomic mass is 10.1. The Balaban J connectivity index is 2.16. The van der Waals surface area contributed by atoms with Gasteiger partial charge in [0.1, 0.15) is 5.75 Å². The third-order valence-corrected chi connectivity index (χ3v) is 4.52. The third kappa shape index (κ3) is 3.58. The van der Waals surface area contributed by atoms with E-state index in [1.807, 2.05) is 30.0 Å². The van der Waals surface area contributed by atoms with Crippen molar-refractivity contribution < 1.29 is 9.94 Å². The SMILES string of the molecule is COc1ccc(CN2CCSC(C)C2)cc1/C(N)=N/O. The summed E-state index contributed by atoms with van der Waals surface area (Å²) < 4.78 is 5.24. The van der Waals surface area contributed by atoms with Crippen molar-refractivity contribution in [3.8, 4) is 5.75 Å². The molecule has 1 atom stereocenters. The number of hydrogen-bond donors (Lipinski definition) is 2. The fourth-order valence-corrected chi connectivity index (χ4v) is 3.48. The van der Waals surface area contributed by atoms with Gasteiger partial charge in [-0.1, -0.05) is 18.1 Å². The van der Waals surface area contributed by atoms with Gasteiger partial charge in [0.25, 0.3) is 0 Å². The number of amidine groups is 1. The van der Waals surface area contributed by atoms with Gasteiger partial charge in [-0.05, 0) is 17.7 Å². The normalized spacial score (nSPS) is 20.9. The monoisotopic (exact) mass is 295 g/mol. The summed E-state index contributed by atoms with van der Waals surface area (Å²) in [6, 6.07) is 5.82. The molecule has 5 nitrogen and oxygen atoms in total. The number of nitrogens with two attached hydrogens (primary N) is 1. The van der Waals surface area contributed by atoms with Gasteiger partial charge in [-0.2, -0.15) is 11.8 Å². The second-order valence-electron chi connectivity index (χ2n) is 4.94. The molecule has 0 saturated carbocycles. The van der Waals surface area contributed by atoms with Gasteiger partial charge in [0.15, 0.2) is 5.84 Å². The first kappa shape index (κ1) is 15.0. The van der Waals surface area contributed by atoms with Crippen LogP contribution < -0.4 is 10.5 Å². The molecule has 1 aromatic rings. The Labute approximate surface area is 123 Å². The zero-order valence-corrected chi connectivity index (χ0v) is 12.7. The second-order valence-corrected chi connectivity index (χ2v) is 6.48. The first-order valence-corrected chi connectivity index (χ1v) is 7.67. The Morgan fingerprint density at radius 3 is 3.05 bits per heavy atom. The molecule has 6 heteroatoms. The number of nitrogens with zero attached hydrogens (tertiary/aromatic N) is 2. The van der Waals surface area contributed by atoms with Crippen molar-refractivity contribution in [3.05, 3.63) is 29.3 Å². The number of rotatable bonds is 4. The van der Waals surface area contributed by atoms with Crippen molar-refractivity contribution in [3.63, 3.8) is 0 Å². The van der Waals surface area contributed by atoms with E-state index in [0.717, 1.165) is 25.2 Å². The topological polar surface area (TPSA) is 71.1 Å². The summed E-state index contributed by atoms with van der Waals surface area (Å²) in [7, 11) is 1.58. The van der Waals surface area contributed by atoms with E-state index in [1.165, 1.54) is 5.75 Å². The molecule has 1 unspecified atom stereocenters. The molecular formula is C14H21N3O2S. The van der Waals surface area contributed by atoms with Crippen LogP contribution >= 0.6 is 11.8 Å². The van der Waals surface area contributed by atoms with Crippen LogP contribution in [0.4, 0.5) is 0 Å². The van der Waals surface area contributed by atoms with Crippen molar-refractivity contribution in [2.45, 2.75) is 18.7 Å². The molecule has 1 aliphatic rings. The summed E-state index contributed by atoms with van der Waals surface area (Å²) in [6.45, 7) is 5.32. The highest BCUT2D eigenvalue weighted by molar-refractivity contribution is 7.99. The second kappa shape index (κ2) is 6.85. The van der Waals surface area contributed by atoms with Crippen molar-refractivity contribution in [1.29, 1.82) is 0 Å². The van der Waals surface area contributed by atoms with Gasteiger partial charge in [-0.15, -0.1) is 0 Å². The molecule has 1 fully saturated rings. The molecule has 1 aromatic carbocycles. The number of methoxy groups -OCH3 is 1. The first-order chi connectivity index (χ1) is 9.63. The Hall–Kier alpha value is -1.40. The van der Waals surface area contributed by atoms with Crippen LogP contribution in [0, 0.1) is 0 Å². The lowest BCUT2D eigenvalue weighted by Gasteiger charge is -2.30. The standard InChI is InChI=1S/C14H21N3O2S/c1-10-8-17(5-6-20-10)9-11-3-4-13(19-2)12(7-11)14(15)16-18/h3-4,7,10,18H,5-6,8-9H2,1-2H3,(H2,15,16). The van der Waals surface area contributed by atoms with Gasteiger partial charge in [0, 0.05) is 30.6 Å². The van der Waals surface area contributed by atoms with E-state index in [1.54, 1.807) is 7.11 Å². The van der Waals surface area contributed by atoms with Crippen LogP contribution in [0.1, 0.15) is 18.1 Å². The van der Waals surface area contributed by atoms with Crippen LogP contribution in [0.15, 0.2) is 23.4 Å². The minimum absolute atomic E-state index is 0.0752. The Morgan fingerprint density at radius 2 is 2.40 bits per heavy atom. The number of thioether (sulfide) groups is 1. The quantitative estimate of drug-likeness (QED) is 0.383. The Morgan fingerprint density at radius 1 is 1.60 bits per heavy atom. The van der Waals surface area contributed by atoms with Crippen LogP contribution in [-0.4, -0.2) is 47.1 Å². The molecule has 0 bridgehead atoms. The molecule has 0 radical (unpaired) electrons. The summed E-state index contributed by atoms with van der Waals surface area (Å²) in [5.41, 5.74) is 7.47. The average molecular weight is 295 g/mol. The largest absolute Gasteiger partial charge is 0.496 e. The van der Waals surface area contributed by atoms with Crippen LogP contribution in [0.2, 0.25) is 0 Å². The van der Waals surface area contributed by atoms with Gasteiger partial charge in [0.2, 0.25) is 0 Å². The maximum Gasteiger partial charge on any atom is 0.173 e. The molecule has 1 saturated heterocycles. The summed E-state index contributed by atoms with van der Waals surface area (Å²) in [5, 5.41) is 12.6. The molecule has 0 aliphatic carbocycles. The molecular weight excluding hydrogens is 274 g/mol. The Kier molecular flexibility index (Phi) is 5.14. The summed E-state index contributed by atoms with van der Waals surface area (Å²) in [4.78, 5) is 2.43. The van der Waals surface area contributed by atoms with Gasteiger partial charge >= 0.3 is 0 Å². The van der Waals surface area contributed by atoms with Gasteiger partial charge in [0.05, 0.1) is 12.7 Å². The molecule has 110 valence electrons. The smallest absolute Gasteiger partial charge is 0.173 e. The van der Waals surface area contributed by atoms with E-state index < -0.39 is 0 Å². The van der Waals surface area contributed by atoms with Gasteiger partial charge in [-0.3, -0.25) is 4.90 Å². The highest BCUT2D eigenvalue weighted by Gasteiger charge is 2.17. The molecule has 0 spiro atoms. The lowest BCUT2D eigenvalue weighted by molar-refractivity contribution is 0.278. The van der Waals surface area contributed by atoms with E-state index in [4.69, 9.17) is 15.7 Å². The summed E-state index contributed by atoms with van der Waals surface area (Å²) in [5.74, 6) is 1.86. The summed E-state index contributed by atoms with van der Waals surface area (Å²) >= 11 is 2.02. The maximum absolute atomic E-state index is 8.85. The minimum Gasteiger partial charge on any atom is -0.496 e. The molecule has 20 heavy (non-hydrogen) atoms. The minimum atomic E-state index is 0.0752. The fraction of sp³-hybridized carbons (Fsp3) is 0.500.